The van der Waals surface area contributed by atoms with Crippen molar-refractivity contribution in [2.75, 3.05) is 7.05 Å². The maximum atomic E-state index is 11.9. The molecule has 0 radical (unpaired) electrons. The molecule has 0 aliphatic carbocycles. The Hall–Kier alpha value is -0.780. The first-order valence-electron chi connectivity index (χ1n) is 4.97. The van der Waals surface area contributed by atoms with E-state index in [1.54, 1.807) is 13.4 Å². The highest BCUT2D eigenvalue weighted by Crippen LogP contribution is 2.36. The SMILES string of the molecule is C[NH+]1C=NC=C1C([O-])=Nc1c(Cl)cc(Cl)cc1Cl.[Cl-]. The fourth-order valence-corrected chi connectivity index (χ4v) is 2.32. The van der Waals surface area contributed by atoms with E-state index in [-0.39, 0.29) is 28.1 Å². The number of quaternary nitrogens is 1. The minimum Gasteiger partial charge on any atom is -1.00 e. The van der Waals surface area contributed by atoms with Crippen LogP contribution < -0.4 is 22.4 Å². The fraction of sp³-hybridized carbons (Fsp3) is 0.0909. The number of rotatable bonds is 2. The molecule has 0 spiro atoms. The molecule has 0 aromatic heterocycles. The number of hydrogen-bond acceptors (Lipinski definition) is 3. The maximum absolute atomic E-state index is 11.9. The van der Waals surface area contributed by atoms with Gasteiger partial charge in [-0.2, -0.15) is 0 Å². The van der Waals surface area contributed by atoms with Gasteiger partial charge in [0.2, 0.25) is 0 Å². The van der Waals surface area contributed by atoms with Crippen molar-refractivity contribution in [3.8, 4) is 0 Å². The molecule has 1 unspecified atom stereocenters. The standard InChI is InChI=1S/C11H8Cl3N3O.ClH/c1-17-5-15-4-9(17)11(18)16-10-7(13)2-6(12)3-8(10)14;/h2-5H,1H3,(H,16,18);1H/p-1. The Bertz CT molecular complexity index is 560. The fourth-order valence-electron chi connectivity index (χ4n) is 1.42. The highest BCUT2D eigenvalue weighted by molar-refractivity contribution is 6.41. The number of hydrogen-bond donors (Lipinski definition) is 1. The number of nitrogens with one attached hydrogen (secondary N) is 1. The van der Waals surface area contributed by atoms with Crippen molar-refractivity contribution in [2.45, 2.75) is 0 Å². The lowest BCUT2D eigenvalue weighted by molar-refractivity contribution is -0.722. The molecule has 4 nitrogen and oxygen atoms in total. The first-order valence-corrected chi connectivity index (χ1v) is 6.10. The molecule has 102 valence electrons. The molecule has 0 amide bonds. The molecule has 1 aromatic rings. The summed E-state index contributed by atoms with van der Waals surface area (Å²) >= 11 is 17.7. The third-order valence-electron chi connectivity index (χ3n) is 2.32. The van der Waals surface area contributed by atoms with Crippen LogP contribution in [0.4, 0.5) is 5.69 Å². The number of aliphatic imine (C=N–C) groups is 2. The Morgan fingerprint density at radius 3 is 2.32 bits per heavy atom. The van der Waals surface area contributed by atoms with Crippen molar-refractivity contribution in [2.24, 2.45) is 9.98 Å². The first kappa shape index (κ1) is 16.3. The van der Waals surface area contributed by atoms with Gasteiger partial charge in [-0.15, -0.1) is 0 Å². The second-order valence-corrected chi connectivity index (χ2v) is 4.89. The van der Waals surface area contributed by atoms with Crippen LogP contribution in [0.2, 0.25) is 15.1 Å². The van der Waals surface area contributed by atoms with Crippen LogP contribution in [0, 0.1) is 0 Å². The van der Waals surface area contributed by atoms with Gasteiger partial charge in [0.1, 0.15) is 0 Å². The van der Waals surface area contributed by atoms with Crippen molar-refractivity contribution in [1.82, 2.24) is 0 Å². The smallest absolute Gasteiger partial charge is 0.193 e. The normalized spacial score (nSPS) is 18.2. The van der Waals surface area contributed by atoms with Gasteiger partial charge < -0.3 is 17.5 Å². The Morgan fingerprint density at radius 1 is 1.26 bits per heavy atom. The van der Waals surface area contributed by atoms with E-state index in [1.165, 1.54) is 18.3 Å². The highest BCUT2D eigenvalue weighted by Gasteiger charge is 2.14. The molecular formula is C11H8Cl4N3O-. The molecule has 19 heavy (non-hydrogen) atoms. The van der Waals surface area contributed by atoms with E-state index < -0.39 is 5.90 Å². The van der Waals surface area contributed by atoms with Crippen LogP contribution in [0.25, 0.3) is 0 Å². The van der Waals surface area contributed by atoms with Gasteiger partial charge in [-0.25, -0.2) is 4.99 Å². The average molecular weight is 340 g/mol. The largest absolute Gasteiger partial charge is 1.00 e. The third kappa shape index (κ3) is 3.61. The molecule has 0 bridgehead atoms. The summed E-state index contributed by atoms with van der Waals surface area (Å²) in [6.45, 7) is 0. The van der Waals surface area contributed by atoms with E-state index in [0.717, 1.165) is 4.90 Å². The number of nitrogens with zero attached hydrogens (tertiary/aromatic N) is 2. The minimum atomic E-state index is -0.434. The average Bonchev–Trinajstić information content (AvgIpc) is 2.69. The van der Waals surface area contributed by atoms with E-state index in [4.69, 9.17) is 34.8 Å². The second-order valence-electron chi connectivity index (χ2n) is 3.64. The molecule has 1 aliphatic heterocycles. The zero-order chi connectivity index (χ0) is 13.3. The van der Waals surface area contributed by atoms with Gasteiger partial charge in [0.05, 0.1) is 34.9 Å². The van der Waals surface area contributed by atoms with Crippen molar-refractivity contribution < 1.29 is 22.4 Å². The molecular weight excluding hydrogens is 332 g/mol. The van der Waals surface area contributed by atoms with E-state index >= 15 is 0 Å². The lowest BCUT2D eigenvalue weighted by Gasteiger charge is -2.14. The van der Waals surface area contributed by atoms with E-state index in [2.05, 4.69) is 9.98 Å². The summed E-state index contributed by atoms with van der Waals surface area (Å²) in [5.74, 6) is -0.434. The summed E-state index contributed by atoms with van der Waals surface area (Å²) in [6, 6.07) is 2.97. The summed E-state index contributed by atoms with van der Waals surface area (Å²) in [6.07, 6.45) is 3.05. The van der Waals surface area contributed by atoms with Crippen LogP contribution >= 0.6 is 34.8 Å². The second kappa shape index (κ2) is 6.59. The summed E-state index contributed by atoms with van der Waals surface area (Å²) in [7, 11) is 1.78. The molecule has 1 heterocycles. The summed E-state index contributed by atoms with van der Waals surface area (Å²) in [5, 5.41) is 12.8. The number of benzene rings is 1. The summed E-state index contributed by atoms with van der Waals surface area (Å²) in [4.78, 5) is 8.53. The maximum Gasteiger partial charge on any atom is 0.193 e. The molecule has 2 rings (SSSR count). The Kier molecular flexibility index (Phi) is 5.64. The van der Waals surface area contributed by atoms with Crippen LogP contribution in [0.3, 0.4) is 0 Å². The monoisotopic (exact) mass is 338 g/mol. The van der Waals surface area contributed by atoms with Gasteiger partial charge in [-0.3, -0.25) is 9.89 Å². The minimum absolute atomic E-state index is 0. The Balaban J connectivity index is 0.00000180. The van der Waals surface area contributed by atoms with Gasteiger partial charge in [0.25, 0.3) is 0 Å². The summed E-state index contributed by atoms with van der Waals surface area (Å²) in [5.41, 5.74) is 0.644. The van der Waals surface area contributed by atoms with E-state index in [1.807, 2.05) is 0 Å². The van der Waals surface area contributed by atoms with Crippen molar-refractivity contribution in [3.05, 3.63) is 39.1 Å². The Labute approximate surface area is 131 Å². The van der Waals surface area contributed by atoms with Gasteiger partial charge >= 0.3 is 0 Å². The Morgan fingerprint density at radius 2 is 1.84 bits per heavy atom. The molecule has 1 N–H and O–H groups in total. The molecule has 0 saturated heterocycles. The quantitative estimate of drug-likeness (QED) is 0.514. The number of likely N-dealkylation sites (N-methyl/N-ethyl adjacent to an activating group) is 1. The van der Waals surface area contributed by atoms with E-state index in [0.29, 0.717) is 10.7 Å². The lowest BCUT2D eigenvalue weighted by Crippen LogP contribution is -3.06. The lowest BCUT2D eigenvalue weighted by atomic mass is 10.3. The van der Waals surface area contributed by atoms with Gasteiger partial charge in [-0.1, -0.05) is 34.8 Å². The zero-order valence-electron chi connectivity index (χ0n) is 9.62. The topological polar surface area (TPSA) is 52.2 Å². The zero-order valence-corrected chi connectivity index (χ0v) is 12.6. The molecule has 1 atom stereocenters. The van der Waals surface area contributed by atoms with Gasteiger partial charge in [0, 0.05) is 5.02 Å². The van der Waals surface area contributed by atoms with Crippen molar-refractivity contribution in [3.63, 3.8) is 0 Å². The molecule has 0 saturated carbocycles. The van der Waals surface area contributed by atoms with Gasteiger partial charge in [0.15, 0.2) is 12.0 Å². The highest BCUT2D eigenvalue weighted by atomic mass is 35.5. The first-order chi connectivity index (χ1) is 8.49. The van der Waals surface area contributed by atoms with Crippen LogP contribution in [0.5, 0.6) is 0 Å². The van der Waals surface area contributed by atoms with Crippen LogP contribution in [0.1, 0.15) is 0 Å². The van der Waals surface area contributed by atoms with Crippen LogP contribution in [-0.2, 0) is 0 Å². The molecule has 8 heteroatoms. The van der Waals surface area contributed by atoms with Crippen LogP contribution in [0.15, 0.2) is 34.0 Å². The third-order valence-corrected chi connectivity index (χ3v) is 3.12. The predicted molar refractivity (Wildman–Crippen MR) is 72.0 cm³/mol. The van der Waals surface area contributed by atoms with Gasteiger partial charge in [-0.05, 0) is 12.1 Å². The van der Waals surface area contributed by atoms with Crippen LogP contribution in [-0.4, -0.2) is 19.3 Å². The van der Waals surface area contributed by atoms with Crippen molar-refractivity contribution >= 4 is 52.7 Å². The molecule has 1 aliphatic rings. The summed E-state index contributed by atoms with van der Waals surface area (Å²) < 4.78 is 0. The molecule has 0 fully saturated rings. The number of halogens is 4. The van der Waals surface area contributed by atoms with Crippen molar-refractivity contribution in [1.29, 1.82) is 0 Å². The van der Waals surface area contributed by atoms with E-state index in [9.17, 15) is 5.11 Å². The molecule has 1 aromatic carbocycles. The predicted octanol–water partition coefficient (Wildman–Crippen LogP) is -1.56.